The van der Waals surface area contributed by atoms with Gasteiger partial charge in [0.25, 0.3) is 0 Å². The molecule has 0 bridgehead atoms. The Morgan fingerprint density at radius 1 is 1.22 bits per heavy atom. The van der Waals surface area contributed by atoms with Gasteiger partial charge in [-0.05, 0) is 18.3 Å². The molecular formula is C12H23NO4S. The summed E-state index contributed by atoms with van der Waals surface area (Å²) >= 11 is 0. The molecule has 1 aliphatic carbocycles. The van der Waals surface area contributed by atoms with Gasteiger partial charge in [0.05, 0.1) is 5.25 Å². The fourth-order valence-corrected chi connectivity index (χ4v) is 4.16. The lowest BCUT2D eigenvalue weighted by molar-refractivity contribution is -0.141. The van der Waals surface area contributed by atoms with Crippen molar-refractivity contribution in [3.05, 3.63) is 0 Å². The predicted molar refractivity (Wildman–Crippen MR) is 69.8 cm³/mol. The number of aliphatic carboxylic acids is 1. The van der Waals surface area contributed by atoms with Crippen LogP contribution in [0.25, 0.3) is 0 Å². The number of sulfonamides is 1. The molecule has 0 radical (unpaired) electrons. The van der Waals surface area contributed by atoms with E-state index in [1.54, 1.807) is 20.8 Å². The van der Waals surface area contributed by atoms with E-state index in [4.69, 9.17) is 5.11 Å². The van der Waals surface area contributed by atoms with Crippen molar-refractivity contribution >= 4 is 16.0 Å². The van der Waals surface area contributed by atoms with Crippen LogP contribution in [0, 0.1) is 5.41 Å². The van der Waals surface area contributed by atoms with Crippen molar-refractivity contribution in [2.24, 2.45) is 5.41 Å². The van der Waals surface area contributed by atoms with Crippen LogP contribution in [0.2, 0.25) is 0 Å². The van der Waals surface area contributed by atoms with Gasteiger partial charge in [0, 0.05) is 0 Å². The molecule has 1 rings (SSSR count). The van der Waals surface area contributed by atoms with Crippen molar-refractivity contribution in [3.63, 3.8) is 0 Å². The molecule has 0 aromatic heterocycles. The second-order valence-corrected chi connectivity index (χ2v) is 8.05. The molecule has 2 N–H and O–H groups in total. The first-order valence-corrected chi connectivity index (χ1v) is 7.93. The Morgan fingerprint density at radius 3 is 2.11 bits per heavy atom. The monoisotopic (exact) mass is 277 g/mol. The lowest BCUT2D eigenvalue weighted by Gasteiger charge is -2.30. The molecule has 1 atom stereocenters. The van der Waals surface area contributed by atoms with E-state index in [9.17, 15) is 13.2 Å². The number of carbonyl (C=O) groups is 1. The van der Waals surface area contributed by atoms with Gasteiger partial charge in [-0.15, -0.1) is 0 Å². The smallest absolute Gasteiger partial charge is 0.322 e. The number of carboxylic acid groups (broad SMARTS) is 1. The largest absolute Gasteiger partial charge is 0.480 e. The zero-order valence-electron chi connectivity index (χ0n) is 11.3. The third kappa shape index (κ3) is 3.95. The first-order valence-electron chi connectivity index (χ1n) is 6.38. The minimum atomic E-state index is -3.54. The lowest BCUT2D eigenvalue weighted by atomic mass is 9.88. The maximum absolute atomic E-state index is 12.2. The van der Waals surface area contributed by atoms with Gasteiger partial charge in [-0.3, -0.25) is 4.79 Å². The van der Waals surface area contributed by atoms with Gasteiger partial charge in [-0.1, -0.05) is 40.0 Å². The Morgan fingerprint density at radius 2 is 1.72 bits per heavy atom. The summed E-state index contributed by atoms with van der Waals surface area (Å²) in [6.45, 7) is 5.15. The van der Waals surface area contributed by atoms with E-state index >= 15 is 0 Å². The minimum Gasteiger partial charge on any atom is -0.480 e. The fraction of sp³-hybridized carbons (Fsp3) is 0.917. The topological polar surface area (TPSA) is 83.5 Å². The van der Waals surface area contributed by atoms with E-state index in [2.05, 4.69) is 4.72 Å². The third-order valence-electron chi connectivity index (χ3n) is 3.39. The summed E-state index contributed by atoms with van der Waals surface area (Å²) in [5, 5.41) is 8.71. The molecule has 0 aromatic carbocycles. The van der Waals surface area contributed by atoms with Crippen LogP contribution < -0.4 is 4.72 Å². The molecule has 1 unspecified atom stereocenters. The predicted octanol–water partition coefficient (Wildman–Crippen LogP) is 1.74. The summed E-state index contributed by atoms with van der Waals surface area (Å²) < 4.78 is 26.7. The van der Waals surface area contributed by atoms with Crippen molar-refractivity contribution in [2.45, 2.75) is 64.2 Å². The maximum atomic E-state index is 12.2. The van der Waals surface area contributed by atoms with E-state index < -0.39 is 32.7 Å². The lowest BCUT2D eigenvalue weighted by Crippen LogP contribution is -2.51. The van der Waals surface area contributed by atoms with Crippen LogP contribution >= 0.6 is 0 Å². The maximum Gasteiger partial charge on any atom is 0.322 e. The number of hydrogen-bond donors (Lipinski definition) is 2. The first kappa shape index (κ1) is 15.4. The summed E-state index contributed by atoms with van der Waals surface area (Å²) in [5.74, 6) is -1.12. The third-order valence-corrected chi connectivity index (χ3v) is 5.30. The molecule has 0 aliphatic heterocycles. The molecule has 6 heteroatoms. The zero-order chi connectivity index (χ0) is 14.0. The van der Waals surface area contributed by atoms with Crippen molar-refractivity contribution in [2.75, 3.05) is 0 Å². The summed E-state index contributed by atoms with van der Waals surface area (Å²) in [7, 11) is -3.54. The Kier molecular flexibility index (Phi) is 4.78. The molecule has 18 heavy (non-hydrogen) atoms. The van der Waals surface area contributed by atoms with Gasteiger partial charge in [-0.2, -0.15) is 0 Å². The number of nitrogens with one attached hydrogen (secondary N) is 1. The standard InChI is InChI=1S/C12H23NO4S/c1-12(2,3)10(11(14)15)13-18(16,17)9-7-5-4-6-8-9/h9-10,13H,4-8H2,1-3H3,(H,14,15). The number of hydrogen-bond acceptors (Lipinski definition) is 3. The number of carboxylic acids is 1. The molecule has 0 amide bonds. The highest BCUT2D eigenvalue weighted by atomic mass is 32.2. The molecule has 0 saturated heterocycles. The quantitative estimate of drug-likeness (QED) is 0.820. The molecule has 1 saturated carbocycles. The zero-order valence-corrected chi connectivity index (χ0v) is 12.1. The molecule has 0 aromatic rings. The van der Waals surface area contributed by atoms with Gasteiger partial charge in [0.2, 0.25) is 10.0 Å². The second-order valence-electron chi connectivity index (χ2n) is 6.06. The van der Waals surface area contributed by atoms with Gasteiger partial charge in [0.1, 0.15) is 6.04 Å². The van der Waals surface area contributed by atoms with E-state index in [0.29, 0.717) is 12.8 Å². The van der Waals surface area contributed by atoms with Gasteiger partial charge in [-0.25, -0.2) is 13.1 Å². The number of rotatable bonds is 4. The highest BCUT2D eigenvalue weighted by Crippen LogP contribution is 2.26. The molecule has 0 spiro atoms. The molecular weight excluding hydrogens is 254 g/mol. The molecule has 0 heterocycles. The fourth-order valence-electron chi connectivity index (χ4n) is 2.23. The molecule has 1 aliphatic rings. The summed E-state index contributed by atoms with van der Waals surface area (Å²) in [6, 6.07) is -1.08. The van der Waals surface area contributed by atoms with E-state index in [-0.39, 0.29) is 0 Å². The van der Waals surface area contributed by atoms with Crippen LogP contribution in [0.3, 0.4) is 0 Å². The average molecular weight is 277 g/mol. The van der Waals surface area contributed by atoms with Crippen molar-refractivity contribution < 1.29 is 18.3 Å². The molecule has 5 nitrogen and oxygen atoms in total. The molecule has 106 valence electrons. The first-order chi connectivity index (χ1) is 8.14. The van der Waals surface area contributed by atoms with Crippen LogP contribution in [0.1, 0.15) is 52.9 Å². The average Bonchev–Trinajstić information content (AvgIpc) is 2.25. The van der Waals surface area contributed by atoms with E-state index in [0.717, 1.165) is 19.3 Å². The van der Waals surface area contributed by atoms with Gasteiger partial charge >= 0.3 is 5.97 Å². The van der Waals surface area contributed by atoms with Crippen molar-refractivity contribution in [3.8, 4) is 0 Å². The van der Waals surface area contributed by atoms with Crippen molar-refractivity contribution in [1.29, 1.82) is 0 Å². The SMILES string of the molecule is CC(C)(C)C(NS(=O)(=O)C1CCCCC1)C(=O)O. The van der Waals surface area contributed by atoms with Crippen molar-refractivity contribution in [1.82, 2.24) is 4.72 Å². The summed E-state index contributed by atoms with van der Waals surface area (Å²) in [4.78, 5) is 11.2. The van der Waals surface area contributed by atoms with Crippen LogP contribution in [0.4, 0.5) is 0 Å². The highest BCUT2D eigenvalue weighted by Gasteiger charge is 2.37. The van der Waals surface area contributed by atoms with Crippen LogP contribution in [0.5, 0.6) is 0 Å². The van der Waals surface area contributed by atoms with Gasteiger partial charge in [0.15, 0.2) is 0 Å². The Bertz CT molecular complexity index is 391. The second kappa shape index (κ2) is 5.57. The Balaban J connectivity index is 2.82. The summed E-state index contributed by atoms with van der Waals surface area (Å²) in [6.07, 6.45) is 4.13. The highest BCUT2D eigenvalue weighted by molar-refractivity contribution is 7.90. The van der Waals surface area contributed by atoms with Crippen LogP contribution in [0.15, 0.2) is 0 Å². The summed E-state index contributed by atoms with van der Waals surface area (Å²) in [5.41, 5.74) is -0.645. The molecule has 1 fully saturated rings. The normalized spacial score (nSPS) is 20.6. The van der Waals surface area contributed by atoms with E-state index in [1.165, 1.54) is 0 Å². The Labute approximate surface area is 109 Å². The van der Waals surface area contributed by atoms with Crippen LogP contribution in [-0.2, 0) is 14.8 Å². The van der Waals surface area contributed by atoms with Crippen LogP contribution in [-0.4, -0.2) is 30.8 Å². The van der Waals surface area contributed by atoms with E-state index in [1.807, 2.05) is 0 Å². The Hall–Kier alpha value is -0.620. The van der Waals surface area contributed by atoms with Gasteiger partial charge < -0.3 is 5.11 Å². The minimum absolute atomic E-state index is 0.435.